The number of hydrogen-bond donors (Lipinski definition) is 2. The summed E-state index contributed by atoms with van der Waals surface area (Å²) >= 11 is 0. The molecule has 158 valence electrons. The number of rotatable bonds is 7. The van der Waals surface area contributed by atoms with E-state index in [4.69, 9.17) is 15.7 Å². The van der Waals surface area contributed by atoms with Crippen LogP contribution < -0.4 is 11.1 Å². The van der Waals surface area contributed by atoms with Crippen LogP contribution in [0.5, 0.6) is 0 Å². The summed E-state index contributed by atoms with van der Waals surface area (Å²) in [4.78, 5) is 22.4. The van der Waals surface area contributed by atoms with E-state index in [0.717, 1.165) is 24.8 Å². The lowest BCUT2D eigenvalue weighted by Crippen LogP contribution is -2.25. The zero-order valence-electron chi connectivity index (χ0n) is 17.8. The molecule has 2 heterocycles. The lowest BCUT2D eigenvalue weighted by Gasteiger charge is -2.05. The van der Waals surface area contributed by atoms with Gasteiger partial charge in [-0.05, 0) is 31.0 Å². The minimum Gasteiger partial charge on any atom is -0.383 e. The number of aryl methyl sites for hydroxylation is 1. The van der Waals surface area contributed by atoms with E-state index in [1.54, 1.807) is 6.21 Å². The zero-order chi connectivity index (χ0) is 21.8. The number of carbonyl (C=O) groups is 1. The lowest BCUT2D eigenvalue weighted by atomic mass is 10.2. The molecule has 0 atom stereocenters. The van der Waals surface area contributed by atoms with Gasteiger partial charge in [0.15, 0.2) is 5.65 Å². The number of aromatic nitrogens is 3. The highest BCUT2D eigenvalue weighted by molar-refractivity contribution is 6.10. The van der Waals surface area contributed by atoms with Crippen LogP contribution in [0, 0.1) is 6.92 Å². The van der Waals surface area contributed by atoms with E-state index >= 15 is 0 Å². The Kier molecular flexibility index (Phi) is 5.93. The topological polar surface area (TPSA) is 98.2 Å². The van der Waals surface area contributed by atoms with Crippen LogP contribution in [0.3, 0.4) is 0 Å². The molecule has 4 aromatic rings. The molecule has 0 spiro atoms. The first kappa shape index (κ1) is 20.5. The Bertz CT molecular complexity index is 1260. The number of amides is 1. The number of para-hydroxylation sites is 2. The van der Waals surface area contributed by atoms with E-state index in [1.807, 2.05) is 55.5 Å². The number of hydrogen-bond acceptors (Lipinski definition) is 5. The van der Waals surface area contributed by atoms with Crippen molar-refractivity contribution in [3.05, 3.63) is 65.2 Å². The summed E-state index contributed by atoms with van der Waals surface area (Å²) in [7, 11) is 0. The highest BCUT2D eigenvalue weighted by Gasteiger charge is 2.23. The van der Waals surface area contributed by atoms with Crippen LogP contribution in [0.2, 0.25) is 0 Å². The summed E-state index contributed by atoms with van der Waals surface area (Å²) < 4.78 is 1.50. The second kappa shape index (κ2) is 8.95. The van der Waals surface area contributed by atoms with E-state index < -0.39 is 0 Å². The average Bonchev–Trinajstić information content (AvgIpc) is 3.05. The van der Waals surface area contributed by atoms with Crippen molar-refractivity contribution in [2.45, 2.75) is 33.1 Å². The molecule has 0 saturated heterocycles. The summed E-state index contributed by atoms with van der Waals surface area (Å²) in [6.45, 7) is 4.75. The summed E-state index contributed by atoms with van der Waals surface area (Å²) in [5.41, 5.74) is 11.1. The van der Waals surface area contributed by atoms with Crippen LogP contribution in [0.4, 0.5) is 5.82 Å². The minimum absolute atomic E-state index is 0.224. The molecule has 3 N–H and O–H groups in total. The van der Waals surface area contributed by atoms with E-state index in [-0.39, 0.29) is 11.7 Å². The molecule has 4 rings (SSSR count). The van der Waals surface area contributed by atoms with Gasteiger partial charge in [0.25, 0.3) is 5.91 Å². The van der Waals surface area contributed by atoms with Crippen molar-refractivity contribution < 1.29 is 4.79 Å². The molecule has 1 amide bonds. The Hall–Kier alpha value is -3.74. The Morgan fingerprint density at radius 3 is 2.52 bits per heavy atom. The number of nitrogens with one attached hydrogen (secondary N) is 1. The molecule has 7 heteroatoms. The maximum Gasteiger partial charge on any atom is 0.257 e. The van der Waals surface area contributed by atoms with Gasteiger partial charge in [0.1, 0.15) is 16.9 Å². The van der Waals surface area contributed by atoms with Gasteiger partial charge in [0.2, 0.25) is 0 Å². The Morgan fingerprint density at radius 1 is 1.10 bits per heavy atom. The molecule has 0 fully saturated rings. The molecular weight excluding hydrogens is 388 g/mol. The molecule has 0 aliphatic rings. The fourth-order valence-corrected chi connectivity index (χ4v) is 3.43. The maximum absolute atomic E-state index is 13.0. The highest BCUT2D eigenvalue weighted by atomic mass is 16.1. The van der Waals surface area contributed by atoms with Crippen molar-refractivity contribution in [1.29, 1.82) is 0 Å². The third-order valence-corrected chi connectivity index (χ3v) is 5.17. The van der Waals surface area contributed by atoms with Crippen molar-refractivity contribution in [3.8, 4) is 0 Å². The molecule has 0 bridgehead atoms. The van der Waals surface area contributed by atoms with Crippen molar-refractivity contribution in [2.24, 2.45) is 5.10 Å². The SMILES string of the molecule is CCCCCNC(=O)c1c(N)n(/N=C\c2ccc(C)cc2)c2nc3ccccc3nc12. The smallest absolute Gasteiger partial charge is 0.257 e. The Balaban J connectivity index is 1.80. The van der Waals surface area contributed by atoms with Gasteiger partial charge in [-0.1, -0.05) is 61.7 Å². The molecule has 0 saturated carbocycles. The number of anilines is 1. The Morgan fingerprint density at radius 2 is 1.81 bits per heavy atom. The predicted molar refractivity (Wildman–Crippen MR) is 125 cm³/mol. The molecule has 2 aromatic carbocycles. The van der Waals surface area contributed by atoms with Gasteiger partial charge < -0.3 is 11.1 Å². The monoisotopic (exact) mass is 414 g/mol. The van der Waals surface area contributed by atoms with E-state index in [9.17, 15) is 4.79 Å². The first-order chi connectivity index (χ1) is 15.1. The van der Waals surface area contributed by atoms with Gasteiger partial charge in [-0.15, -0.1) is 0 Å². The Labute approximate surface area is 181 Å². The largest absolute Gasteiger partial charge is 0.383 e. The second-order valence-corrected chi connectivity index (χ2v) is 7.57. The van der Waals surface area contributed by atoms with Crippen molar-refractivity contribution in [2.75, 3.05) is 12.3 Å². The van der Waals surface area contributed by atoms with Crippen LogP contribution in [0.1, 0.15) is 47.7 Å². The molecule has 31 heavy (non-hydrogen) atoms. The normalized spacial score (nSPS) is 11.5. The highest BCUT2D eigenvalue weighted by Crippen LogP contribution is 2.27. The zero-order valence-corrected chi connectivity index (χ0v) is 17.8. The average molecular weight is 415 g/mol. The lowest BCUT2D eigenvalue weighted by molar-refractivity contribution is 0.0955. The second-order valence-electron chi connectivity index (χ2n) is 7.57. The van der Waals surface area contributed by atoms with Gasteiger partial charge >= 0.3 is 0 Å². The van der Waals surface area contributed by atoms with E-state index in [2.05, 4.69) is 17.3 Å². The van der Waals surface area contributed by atoms with Crippen LogP contribution >= 0.6 is 0 Å². The molecule has 7 nitrogen and oxygen atoms in total. The van der Waals surface area contributed by atoms with Gasteiger partial charge in [-0.3, -0.25) is 4.79 Å². The van der Waals surface area contributed by atoms with Crippen molar-refractivity contribution in [1.82, 2.24) is 20.0 Å². The molecule has 0 radical (unpaired) electrons. The number of nitrogens with two attached hydrogens (primary N) is 1. The molecule has 0 aliphatic heterocycles. The number of unbranched alkanes of at least 4 members (excludes halogenated alkanes) is 2. The summed E-state index contributed by atoms with van der Waals surface area (Å²) in [5, 5.41) is 7.49. The minimum atomic E-state index is -0.257. The number of benzene rings is 2. The standard InChI is InChI=1S/C24H26N6O/c1-3-4-7-14-26-24(31)20-21-23(29-19-9-6-5-8-18(19)28-21)30(22(20)25)27-15-17-12-10-16(2)11-13-17/h5-6,8-13,15H,3-4,7,14,25H2,1-2H3,(H,26,31)/b27-15-. The molecule has 0 unspecified atom stereocenters. The van der Waals surface area contributed by atoms with Crippen LogP contribution in [0.25, 0.3) is 22.2 Å². The fraction of sp³-hybridized carbons (Fsp3) is 0.250. The van der Waals surface area contributed by atoms with Crippen LogP contribution in [-0.2, 0) is 0 Å². The first-order valence-corrected chi connectivity index (χ1v) is 10.5. The number of nitrogens with zero attached hydrogens (tertiary/aromatic N) is 4. The molecule has 2 aromatic heterocycles. The third-order valence-electron chi connectivity index (χ3n) is 5.17. The van der Waals surface area contributed by atoms with Crippen molar-refractivity contribution in [3.63, 3.8) is 0 Å². The van der Waals surface area contributed by atoms with Gasteiger partial charge in [-0.2, -0.15) is 9.78 Å². The van der Waals surface area contributed by atoms with Gasteiger partial charge in [0, 0.05) is 6.54 Å². The predicted octanol–water partition coefficient (Wildman–Crippen LogP) is 4.28. The van der Waals surface area contributed by atoms with Gasteiger partial charge in [-0.25, -0.2) is 9.97 Å². The van der Waals surface area contributed by atoms with Crippen molar-refractivity contribution >= 4 is 40.1 Å². The number of fused-ring (bicyclic) bond motifs is 2. The van der Waals surface area contributed by atoms with Crippen LogP contribution in [-0.4, -0.2) is 33.3 Å². The van der Waals surface area contributed by atoms with Crippen LogP contribution in [0.15, 0.2) is 53.6 Å². The summed E-state index contributed by atoms with van der Waals surface area (Å²) in [5.74, 6) is -0.0332. The summed E-state index contributed by atoms with van der Waals surface area (Å²) in [6.07, 6.45) is 4.77. The number of carbonyl (C=O) groups excluding carboxylic acids is 1. The molecular formula is C24H26N6O. The maximum atomic E-state index is 13.0. The first-order valence-electron chi connectivity index (χ1n) is 10.5. The summed E-state index contributed by atoms with van der Waals surface area (Å²) in [6, 6.07) is 15.5. The van der Waals surface area contributed by atoms with E-state index in [0.29, 0.717) is 34.3 Å². The molecule has 0 aliphatic carbocycles. The quantitative estimate of drug-likeness (QED) is 0.348. The fourth-order valence-electron chi connectivity index (χ4n) is 3.43. The van der Waals surface area contributed by atoms with Gasteiger partial charge in [0.05, 0.1) is 17.2 Å². The number of nitrogen functional groups attached to an aromatic ring is 1. The van der Waals surface area contributed by atoms with E-state index in [1.165, 1.54) is 10.2 Å². The third kappa shape index (κ3) is 4.26.